The molecule has 10 heavy (non-hydrogen) atoms. The molecule has 0 saturated heterocycles. The Balaban J connectivity index is 3.94. The third-order valence-electron chi connectivity index (χ3n) is 1.21. The Morgan fingerprint density at radius 1 is 1.60 bits per heavy atom. The summed E-state index contributed by atoms with van der Waals surface area (Å²) in [5.74, 6) is -2.27. The number of carboxylic acid groups (broad SMARTS) is 1. The van der Waals surface area contributed by atoms with E-state index in [4.69, 9.17) is 5.11 Å². The lowest BCUT2D eigenvalue weighted by molar-refractivity contribution is -0.315. The number of carboxylic acids is 1. The van der Waals surface area contributed by atoms with Crippen molar-refractivity contribution in [1.82, 2.24) is 0 Å². The molecule has 60 valence electrons. The monoisotopic (exact) mass is 149 g/mol. The van der Waals surface area contributed by atoms with Crippen LogP contribution >= 0.6 is 0 Å². The molecular weight excluding hydrogens is 139 g/mol. The van der Waals surface area contributed by atoms with Crippen LogP contribution in [0.4, 0.5) is 4.39 Å². The first kappa shape index (κ1) is 9.36. The average Bonchev–Trinajstić information content (AvgIpc) is 1.84. The number of alkyl halides is 1. The van der Waals surface area contributed by atoms with Gasteiger partial charge >= 0.3 is 0 Å². The van der Waals surface area contributed by atoms with E-state index in [0.29, 0.717) is 0 Å². The molecule has 0 aliphatic rings. The predicted molar refractivity (Wildman–Crippen MR) is 30.7 cm³/mol. The van der Waals surface area contributed by atoms with Crippen LogP contribution in [-0.4, -0.2) is 23.4 Å². The summed E-state index contributed by atoms with van der Waals surface area (Å²) in [4.78, 5) is 9.80. The molecule has 0 aromatic rings. The molecule has 0 rings (SSSR count). The van der Waals surface area contributed by atoms with Crippen LogP contribution in [0.15, 0.2) is 0 Å². The second-order valence-corrected chi connectivity index (χ2v) is 2.46. The number of halogens is 1. The second kappa shape index (κ2) is 3.51. The van der Waals surface area contributed by atoms with E-state index in [2.05, 4.69) is 0 Å². The fourth-order valence-electron chi connectivity index (χ4n) is 0.477. The van der Waals surface area contributed by atoms with Crippen molar-refractivity contribution in [3.05, 3.63) is 0 Å². The third-order valence-corrected chi connectivity index (χ3v) is 1.21. The van der Waals surface area contributed by atoms with E-state index in [-0.39, 0.29) is 0 Å². The molecule has 0 aliphatic carbocycles. The molecule has 0 aromatic heterocycles. The number of hydrogen-bond donors (Lipinski definition) is 1. The summed E-state index contributed by atoms with van der Waals surface area (Å²) in [5, 5.41) is 18.6. The van der Waals surface area contributed by atoms with E-state index >= 15 is 0 Å². The van der Waals surface area contributed by atoms with Gasteiger partial charge in [0.1, 0.15) is 0 Å². The number of rotatable bonds is 3. The number of hydrogen-bond acceptors (Lipinski definition) is 3. The van der Waals surface area contributed by atoms with Crippen molar-refractivity contribution in [3.63, 3.8) is 0 Å². The van der Waals surface area contributed by atoms with E-state index in [1.807, 2.05) is 0 Å². The second-order valence-electron chi connectivity index (χ2n) is 2.46. The quantitative estimate of drug-likeness (QED) is 0.565. The highest BCUT2D eigenvalue weighted by Crippen LogP contribution is 2.08. The van der Waals surface area contributed by atoms with Gasteiger partial charge in [0.15, 0.2) is 6.17 Å². The molecule has 2 unspecified atom stereocenters. The number of aliphatic hydroxyl groups excluding tert-OH is 1. The zero-order valence-electron chi connectivity index (χ0n) is 5.87. The summed E-state index contributed by atoms with van der Waals surface area (Å²) in [5.41, 5.74) is 0. The van der Waals surface area contributed by atoms with Crippen molar-refractivity contribution < 1.29 is 19.4 Å². The number of carbonyl (C=O) groups is 1. The minimum atomic E-state index is -2.28. The van der Waals surface area contributed by atoms with Crippen LogP contribution in [0.1, 0.15) is 13.8 Å². The first-order valence-electron chi connectivity index (χ1n) is 2.99. The molecule has 0 spiro atoms. The highest BCUT2D eigenvalue weighted by Gasteiger charge is 2.22. The standard InChI is InChI=1S/C6H11FO3/c1-3(2)5(8)4(7)6(9)10/h3-5,8H,1-2H3,(H,9,10)/p-1. The van der Waals surface area contributed by atoms with Gasteiger partial charge in [-0.2, -0.15) is 0 Å². The molecule has 0 amide bonds. The lowest BCUT2D eigenvalue weighted by Gasteiger charge is -2.19. The molecule has 4 heteroatoms. The van der Waals surface area contributed by atoms with Crippen molar-refractivity contribution in [3.8, 4) is 0 Å². The van der Waals surface area contributed by atoms with Crippen LogP contribution in [0.25, 0.3) is 0 Å². The molecule has 1 N–H and O–H groups in total. The van der Waals surface area contributed by atoms with Crippen LogP contribution in [0.5, 0.6) is 0 Å². The highest BCUT2D eigenvalue weighted by atomic mass is 19.1. The molecular formula is C6H10FO3-. The normalized spacial score (nSPS) is 16.9. The van der Waals surface area contributed by atoms with Gasteiger partial charge in [-0.1, -0.05) is 13.8 Å². The fourth-order valence-corrected chi connectivity index (χ4v) is 0.477. The summed E-state index contributed by atoms with van der Waals surface area (Å²) in [7, 11) is 0. The molecule has 3 nitrogen and oxygen atoms in total. The Kier molecular flexibility index (Phi) is 3.28. The van der Waals surface area contributed by atoms with Gasteiger partial charge in [-0.3, -0.25) is 0 Å². The van der Waals surface area contributed by atoms with Gasteiger partial charge in [0.25, 0.3) is 0 Å². The van der Waals surface area contributed by atoms with Crippen LogP contribution < -0.4 is 5.11 Å². The van der Waals surface area contributed by atoms with E-state index in [0.717, 1.165) is 0 Å². The Morgan fingerprint density at radius 3 is 2.10 bits per heavy atom. The first-order valence-corrected chi connectivity index (χ1v) is 2.99. The lowest BCUT2D eigenvalue weighted by atomic mass is 10.0. The first-order chi connectivity index (χ1) is 4.46. The maximum atomic E-state index is 12.3. The Hall–Kier alpha value is -0.640. The minimum Gasteiger partial charge on any atom is -0.547 e. The predicted octanol–water partition coefficient (Wildman–Crippen LogP) is -0.909. The van der Waals surface area contributed by atoms with Gasteiger partial charge in [-0.05, 0) is 5.92 Å². The Bertz CT molecular complexity index is 124. The van der Waals surface area contributed by atoms with E-state index in [1.54, 1.807) is 0 Å². The molecule has 0 radical (unpaired) electrons. The van der Waals surface area contributed by atoms with Gasteiger partial charge in [0, 0.05) is 0 Å². The number of aliphatic carboxylic acids is 1. The average molecular weight is 149 g/mol. The summed E-state index contributed by atoms with van der Waals surface area (Å²) in [6.07, 6.45) is -3.75. The van der Waals surface area contributed by atoms with E-state index < -0.39 is 24.2 Å². The summed E-state index contributed by atoms with van der Waals surface area (Å²) < 4.78 is 12.3. The summed E-state index contributed by atoms with van der Waals surface area (Å²) >= 11 is 0. The molecule has 0 heterocycles. The third kappa shape index (κ3) is 2.31. The SMILES string of the molecule is CC(C)C(O)C(F)C(=O)[O-]. The van der Waals surface area contributed by atoms with Crippen molar-refractivity contribution in [2.45, 2.75) is 26.1 Å². The topological polar surface area (TPSA) is 60.4 Å². The molecule has 0 bridgehead atoms. The highest BCUT2D eigenvalue weighted by molar-refractivity contribution is 5.70. The summed E-state index contributed by atoms with van der Waals surface area (Å²) in [6, 6.07) is 0. The maximum absolute atomic E-state index is 12.3. The van der Waals surface area contributed by atoms with Crippen LogP contribution in [-0.2, 0) is 4.79 Å². The van der Waals surface area contributed by atoms with Gasteiger partial charge in [-0.25, -0.2) is 4.39 Å². The van der Waals surface area contributed by atoms with E-state index in [9.17, 15) is 14.3 Å². The molecule has 0 aromatic carbocycles. The number of aliphatic hydroxyl groups is 1. The molecule has 2 atom stereocenters. The summed E-state index contributed by atoms with van der Waals surface area (Å²) in [6.45, 7) is 3.06. The fraction of sp³-hybridized carbons (Fsp3) is 0.833. The number of carbonyl (C=O) groups excluding carboxylic acids is 1. The largest absolute Gasteiger partial charge is 0.547 e. The van der Waals surface area contributed by atoms with Crippen molar-refractivity contribution >= 4 is 5.97 Å². The van der Waals surface area contributed by atoms with Gasteiger partial charge in [0.2, 0.25) is 0 Å². The molecule has 0 aliphatic heterocycles. The Morgan fingerprint density at radius 2 is 2.00 bits per heavy atom. The zero-order valence-corrected chi connectivity index (χ0v) is 5.87. The molecule has 0 saturated carbocycles. The Labute approximate surface area is 58.5 Å². The van der Waals surface area contributed by atoms with Crippen LogP contribution in [0.2, 0.25) is 0 Å². The smallest absolute Gasteiger partial charge is 0.165 e. The van der Waals surface area contributed by atoms with Crippen molar-refractivity contribution in [2.24, 2.45) is 5.92 Å². The van der Waals surface area contributed by atoms with Crippen LogP contribution in [0.3, 0.4) is 0 Å². The van der Waals surface area contributed by atoms with Crippen molar-refractivity contribution in [1.29, 1.82) is 0 Å². The zero-order chi connectivity index (χ0) is 8.31. The van der Waals surface area contributed by atoms with Gasteiger partial charge in [-0.15, -0.1) is 0 Å². The minimum absolute atomic E-state index is 0.409. The van der Waals surface area contributed by atoms with E-state index in [1.165, 1.54) is 13.8 Å². The van der Waals surface area contributed by atoms with Crippen molar-refractivity contribution in [2.75, 3.05) is 0 Å². The van der Waals surface area contributed by atoms with Crippen LogP contribution in [0, 0.1) is 5.92 Å². The van der Waals surface area contributed by atoms with Gasteiger partial charge in [0.05, 0.1) is 12.1 Å². The lowest BCUT2D eigenvalue weighted by Crippen LogP contribution is -2.42. The molecule has 0 fully saturated rings. The van der Waals surface area contributed by atoms with Gasteiger partial charge < -0.3 is 15.0 Å². The maximum Gasteiger partial charge on any atom is 0.165 e.